The van der Waals surface area contributed by atoms with Gasteiger partial charge in [0.15, 0.2) is 17.5 Å². The molecule has 0 aliphatic rings. The molecule has 172 valence electrons. The number of ether oxygens (including phenoxy) is 2. The highest BCUT2D eigenvalue weighted by Crippen LogP contribution is 2.30. The van der Waals surface area contributed by atoms with Crippen molar-refractivity contribution in [3.63, 3.8) is 0 Å². The van der Waals surface area contributed by atoms with Crippen LogP contribution >= 0.6 is 24.0 Å². The van der Waals surface area contributed by atoms with Crippen molar-refractivity contribution in [2.24, 2.45) is 4.99 Å². The van der Waals surface area contributed by atoms with Crippen LogP contribution in [0.15, 0.2) is 47.5 Å². The molecular weight excluding hydrogens is 503 g/mol. The van der Waals surface area contributed by atoms with Crippen molar-refractivity contribution in [1.29, 1.82) is 0 Å². The Morgan fingerprint density at radius 2 is 1.68 bits per heavy atom. The molecule has 0 aliphatic carbocycles. The Morgan fingerprint density at radius 3 is 2.32 bits per heavy atom. The van der Waals surface area contributed by atoms with Crippen LogP contribution in [-0.2, 0) is 13.1 Å². The van der Waals surface area contributed by atoms with E-state index in [-0.39, 0.29) is 30.0 Å². The van der Waals surface area contributed by atoms with E-state index in [9.17, 15) is 0 Å². The maximum absolute atomic E-state index is 5.75. The van der Waals surface area contributed by atoms with Gasteiger partial charge in [-0.2, -0.15) is 0 Å². The normalized spacial score (nSPS) is 12.2. The van der Waals surface area contributed by atoms with Crippen LogP contribution in [0.2, 0.25) is 0 Å². The maximum atomic E-state index is 5.75. The third-order valence-corrected chi connectivity index (χ3v) is 4.59. The Morgan fingerprint density at radius 1 is 1.00 bits per heavy atom. The quantitative estimate of drug-likeness (QED) is 0.262. The first-order valence-electron chi connectivity index (χ1n) is 10.6. The molecule has 0 aromatic heterocycles. The van der Waals surface area contributed by atoms with Crippen molar-refractivity contribution in [2.45, 2.75) is 39.9 Å². The van der Waals surface area contributed by atoms with E-state index in [2.05, 4.69) is 71.9 Å². The van der Waals surface area contributed by atoms with E-state index < -0.39 is 0 Å². The Labute approximate surface area is 204 Å². The lowest BCUT2D eigenvalue weighted by Crippen LogP contribution is -2.38. The second-order valence-electron chi connectivity index (χ2n) is 7.42. The fourth-order valence-corrected chi connectivity index (χ4v) is 3.21. The third kappa shape index (κ3) is 8.95. The van der Waals surface area contributed by atoms with Crippen molar-refractivity contribution < 1.29 is 9.47 Å². The molecule has 0 heterocycles. The van der Waals surface area contributed by atoms with Gasteiger partial charge in [0, 0.05) is 20.1 Å². The molecule has 2 rings (SSSR count). The van der Waals surface area contributed by atoms with E-state index in [0.29, 0.717) is 19.8 Å². The maximum Gasteiger partial charge on any atom is 0.191 e. The molecule has 2 aromatic carbocycles. The second kappa shape index (κ2) is 14.1. The summed E-state index contributed by atoms with van der Waals surface area (Å²) in [6.07, 6.45) is 0. The summed E-state index contributed by atoms with van der Waals surface area (Å²) in [4.78, 5) is 6.54. The van der Waals surface area contributed by atoms with Crippen LogP contribution in [0.5, 0.6) is 11.5 Å². The highest BCUT2D eigenvalue weighted by molar-refractivity contribution is 14.0. The van der Waals surface area contributed by atoms with Crippen LogP contribution in [0, 0.1) is 0 Å². The molecule has 1 atom stereocenters. The molecule has 0 amide bonds. The summed E-state index contributed by atoms with van der Waals surface area (Å²) >= 11 is 0. The molecule has 0 bridgehead atoms. The van der Waals surface area contributed by atoms with Gasteiger partial charge < -0.3 is 25.0 Å². The van der Waals surface area contributed by atoms with Crippen LogP contribution in [0.1, 0.15) is 43.5 Å². The predicted octanol–water partition coefficient (Wildman–Crippen LogP) is 4.59. The van der Waals surface area contributed by atoms with Gasteiger partial charge in [-0.15, -0.1) is 24.0 Å². The summed E-state index contributed by atoms with van der Waals surface area (Å²) in [7, 11) is 5.94. The van der Waals surface area contributed by atoms with Gasteiger partial charge in [-0.05, 0) is 63.7 Å². The van der Waals surface area contributed by atoms with Crippen molar-refractivity contribution in [3.05, 3.63) is 59.2 Å². The third-order valence-electron chi connectivity index (χ3n) is 4.59. The number of hydrogen-bond donors (Lipinski definition) is 2. The first-order valence-corrected chi connectivity index (χ1v) is 10.6. The largest absolute Gasteiger partial charge is 0.490 e. The first kappa shape index (κ1) is 27.0. The molecule has 0 fully saturated rings. The van der Waals surface area contributed by atoms with Crippen LogP contribution < -0.4 is 20.1 Å². The van der Waals surface area contributed by atoms with E-state index in [1.54, 1.807) is 7.05 Å². The predicted molar refractivity (Wildman–Crippen MR) is 140 cm³/mol. The lowest BCUT2D eigenvalue weighted by Gasteiger charge is -2.20. The highest BCUT2D eigenvalue weighted by atomic mass is 127. The zero-order valence-corrected chi connectivity index (χ0v) is 21.9. The standard InChI is InChI=1S/C24H36N4O2.HI/c1-7-29-22-13-12-21(15-23(22)30-8-2)18(3)27-24(25-4)26-16-19-10-9-11-20(14-19)17-28(5)6;/h9-15,18H,7-8,16-17H2,1-6H3,(H2,25,26,27);1H. The molecule has 2 aromatic rings. The molecule has 31 heavy (non-hydrogen) atoms. The summed E-state index contributed by atoms with van der Waals surface area (Å²) < 4.78 is 11.4. The monoisotopic (exact) mass is 540 g/mol. The zero-order valence-electron chi connectivity index (χ0n) is 19.6. The molecule has 1 unspecified atom stereocenters. The van der Waals surface area contributed by atoms with E-state index in [4.69, 9.17) is 9.47 Å². The SMILES string of the molecule is CCOc1ccc(C(C)NC(=NC)NCc2cccc(CN(C)C)c2)cc1OCC.I. The fraction of sp³-hybridized carbons (Fsp3) is 0.458. The first-order chi connectivity index (χ1) is 14.5. The number of halogens is 1. The van der Waals surface area contributed by atoms with Gasteiger partial charge in [0.1, 0.15) is 0 Å². The number of aliphatic imine (C=N–C) groups is 1. The number of hydrogen-bond acceptors (Lipinski definition) is 4. The minimum absolute atomic E-state index is 0. The van der Waals surface area contributed by atoms with Crippen LogP contribution in [-0.4, -0.2) is 45.2 Å². The molecule has 0 saturated heterocycles. The summed E-state index contributed by atoms with van der Waals surface area (Å²) in [6.45, 7) is 8.90. The fourth-order valence-electron chi connectivity index (χ4n) is 3.21. The average Bonchev–Trinajstić information content (AvgIpc) is 2.72. The Balaban J connectivity index is 0.00000480. The van der Waals surface area contributed by atoms with Crippen molar-refractivity contribution in [2.75, 3.05) is 34.4 Å². The average molecular weight is 540 g/mol. The lowest BCUT2D eigenvalue weighted by molar-refractivity contribution is 0.287. The van der Waals surface area contributed by atoms with Gasteiger partial charge in [0.25, 0.3) is 0 Å². The molecule has 7 heteroatoms. The van der Waals surface area contributed by atoms with E-state index >= 15 is 0 Å². The smallest absolute Gasteiger partial charge is 0.191 e. The molecule has 6 nitrogen and oxygen atoms in total. The van der Waals surface area contributed by atoms with Gasteiger partial charge in [-0.25, -0.2) is 0 Å². The van der Waals surface area contributed by atoms with Gasteiger partial charge in [0.05, 0.1) is 19.3 Å². The van der Waals surface area contributed by atoms with E-state index in [1.807, 2.05) is 26.0 Å². The summed E-state index contributed by atoms with van der Waals surface area (Å²) in [5.41, 5.74) is 3.64. The minimum atomic E-state index is 0. The Hall–Kier alpha value is -2.00. The Bertz CT molecular complexity index is 827. The number of rotatable bonds is 10. The number of benzene rings is 2. The highest BCUT2D eigenvalue weighted by Gasteiger charge is 2.12. The second-order valence-corrected chi connectivity index (χ2v) is 7.42. The lowest BCUT2D eigenvalue weighted by atomic mass is 10.1. The molecule has 0 saturated carbocycles. The topological polar surface area (TPSA) is 58.1 Å². The summed E-state index contributed by atoms with van der Waals surface area (Å²) in [5, 5.41) is 6.86. The molecular formula is C24H37IN4O2. The number of nitrogens with zero attached hydrogens (tertiary/aromatic N) is 2. The van der Waals surface area contributed by atoms with Gasteiger partial charge in [-0.1, -0.05) is 30.3 Å². The van der Waals surface area contributed by atoms with Crippen LogP contribution in [0.25, 0.3) is 0 Å². The summed E-state index contributed by atoms with van der Waals surface area (Å²) in [6, 6.07) is 14.7. The van der Waals surface area contributed by atoms with Crippen molar-refractivity contribution in [1.82, 2.24) is 15.5 Å². The Kier molecular flexibility index (Phi) is 12.3. The zero-order chi connectivity index (χ0) is 21.9. The molecule has 0 spiro atoms. The van der Waals surface area contributed by atoms with Gasteiger partial charge in [0.2, 0.25) is 0 Å². The van der Waals surface area contributed by atoms with Crippen LogP contribution in [0.4, 0.5) is 0 Å². The van der Waals surface area contributed by atoms with E-state index in [0.717, 1.165) is 29.6 Å². The van der Waals surface area contributed by atoms with Crippen LogP contribution in [0.3, 0.4) is 0 Å². The number of nitrogens with one attached hydrogen (secondary N) is 2. The minimum Gasteiger partial charge on any atom is -0.490 e. The van der Waals surface area contributed by atoms with Crippen molar-refractivity contribution >= 4 is 29.9 Å². The molecule has 0 radical (unpaired) electrons. The van der Waals surface area contributed by atoms with Gasteiger partial charge >= 0.3 is 0 Å². The van der Waals surface area contributed by atoms with Gasteiger partial charge in [-0.3, -0.25) is 4.99 Å². The number of guanidine groups is 1. The molecule has 2 N–H and O–H groups in total. The van der Waals surface area contributed by atoms with Crippen molar-refractivity contribution in [3.8, 4) is 11.5 Å². The molecule has 0 aliphatic heterocycles. The van der Waals surface area contributed by atoms with E-state index in [1.165, 1.54) is 11.1 Å². The summed E-state index contributed by atoms with van der Waals surface area (Å²) in [5.74, 6) is 2.30.